The summed E-state index contributed by atoms with van der Waals surface area (Å²) in [7, 11) is 1.04. The van der Waals surface area contributed by atoms with Crippen LogP contribution in [0.1, 0.15) is 27.0 Å². The van der Waals surface area contributed by atoms with Crippen molar-refractivity contribution in [2.24, 2.45) is 0 Å². The predicted molar refractivity (Wildman–Crippen MR) is 79.9 cm³/mol. The molecule has 2 rings (SSSR count). The van der Waals surface area contributed by atoms with Crippen molar-refractivity contribution < 1.29 is 27.1 Å². The Balaban J connectivity index is 2.86. The standard InChI is InChI=1S/C16H14F4N2O2/c1-7-4-12(22-6-11(7)17)13-8(2)14(21)9(15(23)24-3)5-10(13)16(18,19)20/h4-6H,21H2,1-3H3. The third kappa shape index (κ3) is 3.04. The molecule has 1 aromatic carbocycles. The van der Waals surface area contributed by atoms with Gasteiger partial charge in [0, 0.05) is 11.3 Å². The van der Waals surface area contributed by atoms with Gasteiger partial charge in [-0.3, -0.25) is 4.98 Å². The number of nitrogens with zero attached hydrogens (tertiary/aromatic N) is 1. The number of rotatable bonds is 2. The van der Waals surface area contributed by atoms with Gasteiger partial charge in [0.1, 0.15) is 5.82 Å². The van der Waals surface area contributed by atoms with Crippen LogP contribution in [0.2, 0.25) is 0 Å². The number of aryl methyl sites for hydroxylation is 1. The molecule has 0 unspecified atom stereocenters. The fourth-order valence-corrected chi connectivity index (χ4v) is 2.34. The first-order chi connectivity index (χ1) is 11.1. The monoisotopic (exact) mass is 342 g/mol. The highest BCUT2D eigenvalue weighted by Gasteiger charge is 2.37. The summed E-state index contributed by atoms with van der Waals surface area (Å²) in [6, 6.07) is 1.83. The van der Waals surface area contributed by atoms with Gasteiger partial charge in [0.2, 0.25) is 0 Å². The molecule has 2 N–H and O–H groups in total. The maximum Gasteiger partial charge on any atom is 0.417 e. The molecule has 0 saturated carbocycles. The first-order valence-corrected chi connectivity index (χ1v) is 6.79. The van der Waals surface area contributed by atoms with Crippen LogP contribution in [0, 0.1) is 19.7 Å². The molecule has 4 nitrogen and oxygen atoms in total. The van der Waals surface area contributed by atoms with E-state index >= 15 is 0 Å². The van der Waals surface area contributed by atoms with Crippen LogP contribution in [0.5, 0.6) is 0 Å². The second-order valence-corrected chi connectivity index (χ2v) is 5.19. The molecule has 128 valence electrons. The first-order valence-electron chi connectivity index (χ1n) is 6.79. The van der Waals surface area contributed by atoms with Crippen molar-refractivity contribution in [1.29, 1.82) is 0 Å². The van der Waals surface area contributed by atoms with Gasteiger partial charge in [-0.15, -0.1) is 0 Å². The van der Waals surface area contributed by atoms with Gasteiger partial charge < -0.3 is 10.5 Å². The molecular formula is C16H14F4N2O2. The van der Waals surface area contributed by atoms with E-state index in [2.05, 4.69) is 9.72 Å². The highest BCUT2D eigenvalue weighted by atomic mass is 19.4. The lowest BCUT2D eigenvalue weighted by atomic mass is 9.92. The molecule has 0 saturated heterocycles. The molecule has 0 fully saturated rings. The van der Waals surface area contributed by atoms with E-state index < -0.39 is 23.5 Å². The zero-order valence-corrected chi connectivity index (χ0v) is 13.1. The highest BCUT2D eigenvalue weighted by Crippen LogP contribution is 2.42. The Morgan fingerprint density at radius 2 is 1.88 bits per heavy atom. The van der Waals surface area contributed by atoms with Crippen LogP contribution >= 0.6 is 0 Å². The van der Waals surface area contributed by atoms with Gasteiger partial charge >= 0.3 is 12.1 Å². The molecule has 8 heteroatoms. The Morgan fingerprint density at radius 3 is 2.38 bits per heavy atom. The zero-order chi connectivity index (χ0) is 18.2. The third-order valence-corrected chi connectivity index (χ3v) is 3.64. The number of pyridine rings is 1. The van der Waals surface area contributed by atoms with Crippen LogP contribution in [0.25, 0.3) is 11.3 Å². The van der Waals surface area contributed by atoms with Crippen LogP contribution in [0.15, 0.2) is 18.3 Å². The lowest BCUT2D eigenvalue weighted by Gasteiger charge is -2.19. The minimum Gasteiger partial charge on any atom is -0.465 e. The van der Waals surface area contributed by atoms with Gasteiger partial charge in [-0.25, -0.2) is 9.18 Å². The molecule has 0 bridgehead atoms. The van der Waals surface area contributed by atoms with Crippen molar-refractivity contribution >= 4 is 11.7 Å². The number of halogens is 4. The summed E-state index contributed by atoms with van der Waals surface area (Å²) in [6.07, 6.45) is -3.92. The maximum atomic E-state index is 13.5. The molecule has 0 atom stereocenters. The molecule has 0 aliphatic carbocycles. The number of hydrogen-bond donors (Lipinski definition) is 1. The molecular weight excluding hydrogens is 328 g/mol. The number of aromatic nitrogens is 1. The van der Waals surface area contributed by atoms with E-state index in [1.165, 1.54) is 19.9 Å². The SMILES string of the molecule is COC(=O)c1cc(C(F)(F)F)c(-c2cc(C)c(F)cn2)c(C)c1N. The van der Waals surface area contributed by atoms with Gasteiger partial charge in [-0.2, -0.15) is 13.2 Å². The summed E-state index contributed by atoms with van der Waals surface area (Å²) in [5.41, 5.74) is 3.97. The summed E-state index contributed by atoms with van der Waals surface area (Å²) in [5, 5.41) is 0. The summed E-state index contributed by atoms with van der Waals surface area (Å²) >= 11 is 0. The van der Waals surface area contributed by atoms with E-state index in [1.54, 1.807) is 0 Å². The first kappa shape index (κ1) is 17.7. The molecule has 1 heterocycles. The van der Waals surface area contributed by atoms with Crippen LogP contribution < -0.4 is 5.73 Å². The molecule has 1 aromatic heterocycles. The predicted octanol–water partition coefficient (Wildman–Crippen LogP) is 3.89. The van der Waals surface area contributed by atoms with E-state index in [9.17, 15) is 22.4 Å². The molecule has 2 aromatic rings. The van der Waals surface area contributed by atoms with E-state index in [4.69, 9.17) is 5.73 Å². The number of carbonyl (C=O) groups excluding carboxylic acids is 1. The summed E-state index contributed by atoms with van der Waals surface area (Å²) in [5.74, 6) is -1.61. The number of methoxy groups -OCH3 is 1. The fourth-order valence-electron chi connectivity index (χ4n) is 2.34. The van der Waals surface area contributed by atoms with E-state index in [0.29, 0.717) is 6.07 Å². The number of benzene rings is 1. The number of nitrogens with two attached hydrogens (primary N) is 1. The van der Waals surface area contributed by atoms with Gasteiger partial charge in [-0.05, 0) is 37.1 Å². The number of ether oxygens (including phenoxy) is 1. The minimum absolute atomic E-state index is 0.0173. The zero-order valence-electron chi connectivity index (χ0n) is 13.1. The van der Waals surface area contributed by atoms with Crippen LogP contribution in [-0.4, -0.2) is 18.1 Å². The molecule has 0 aliphatic heterocycles. The molecule has 0 aliphatic rings. The van der Waals surface area contributed by atoms with Crippen molar-refractivity contribution in [2.45, 2.75) is 20.0 Å². The highest BCUT2D eigenvalue weighted by molar-refractivity contribution is 5.98. The second-order valence-electron chi connectivity index (χ2n) is 5.19. The third-order valence-electron chi connectivity index (χ3n) is 3.64. The molecule has 24 heavy (non-hydrogen) atoms. The van der Waals surface area contributed by atoms with Gasteiger partial charge in [0.15, 0.2) is 0 Å². The Labute approximate surface area is 135 Å². The van der Waals surface area contributed by atoms with Crippen LogP contribution in [0.4, 0.5) is 23.2 Å². The minimum atomic E-state index is -4.76. The van der Waals surface area contributed by atoms with E-state index in [1.807, 2.05) is 0 Å². The van der Waals surface area contributed by atoms with E-state index in [0.717, 1.165) is 13.3 Å². The van der Waals surface area contributed by atoms with Crippen LogP contribution in [-0.2, 0) is 10.9 Å². The fraction of sp³-hybridized carbons (Fsp3) is 0.250. The number of esters is 1. The lowest BCUT2D eigenvalue weighted by molar-refractivity contribution is -0.137. The van der Waals surface area contributed by atoms with Crippen molar-refractivity contribution in [3.63, 3.8) is 0 Å². The number of carbonyl (C=O) groups is 1. The summed E-state index contributed by atoms with van der Waals surface area (Å²) < 4.78 is 58.3. The lowest BCUT2D eigenvalue weighted by Crippen LogP contribution is -2.15. The average Bonchev–Trinajstić information content (AvgIpc) is 2.50. The quantitative estimate of drug-likeness (QED) is 0.511. The smallest absolute Gasteiger partial charge is 0.417 e. The van der Waals surface area contributed by atoms with Gasteiger partial charge in [0.25, 0.3) is 0 Å². The largest absolute Gasteiger partial charge is 0.465 e. The Morgan fingerprint density at radius 1 is 1.25 bits per heavy atom. The number of hydrogen-bond acceptors (Lipinski definition) is 4. The number of anilines is 1. The Bertz CT molecular complexity index is 817. The normalized spacial score (nSPS) is 11.5. The van der Waals surface area contributed by atoms with Crippen LogP contribution in [0.3, 0.4) is 0 Å². The summed E-state index contributed by atoms with van der Waals surface area (Å²) in [6.45, 7) is 2.75. The Kier molecular flexibility index (Phi) is 4.50. The van der Waals surface area contributed by atoms with Crippen molar-refractivity contribution in [2.75, 3.05) is 12.8 Å². The molecule has 0 spiro atoms. The second kappa shape index (κ2) is 6.10. The average molecular weight is 342 g/mol. The maximum absolute atomic E-state index is 13.5. The van der Waals surface area contributed by atoms with Gasteiger partial charge in [0.05, 0.1) is 30.1 Å². The van der Waals surface area contributed by atoms with Crippen molar-refractivity contribution in [3.8, 4) is 11.3 Å². The number of alkyl halides is 3. The van der Waals surface area contributed by atoms with Crippen molar-refractivity contribution in [3.05, 3.63) is 46.4 Å². The Hall–Kier alpha value is -2.64. The topological polar surface area (TPSA) is 65.2 Å². The molecule has 0 amide bonds. The molecule has 0 radical (unpaired) electrons. The summed E-state index contributed by atoms with van der Waals surface area (Å²) in [4.78, 5) is 15.4. The van der Waals surface area contributed by atoms with Gasteiger partial charge in [-0.1, -0.05) is 0 Å². The van der Waals surface area contributed by atoms with E-state index in [-0.39, 0.29) is 33.6 Å². The van der Waals surface area contributed by atoms with Crippen molar-refractivity contribution in [1.82, 2.24) is 4.98 Å². The number of nitrogen functional groups attached to an aromatic ring is 1.